The van der Waals surface area contributed by atoms with Gasteiger partial charge in [0.2, 0.25) is 0 Å². The highest BCUT2D eigenvalue weighted by Crippen LogP contribution is 2.35. The van der Waals surface area contributed by atoms with Crippen LogP contribution in [-0.4, -0.2) is 25.8 Å². The molecule has 2 bridgehead atoms. The average molecular weight is 154 g/mol. The van der Waals surface area contributed by atoms with Gasteiger partial charge in [0, 0.05) is 11.5 Å². The van der Waals surface area contributed by atoms with Crippen LogP contribution in [0.1, 0.15) is 6.42 Å². The van der Waals surface area contributed by atoms with Crippen molar-refractivity contribution in [3.63, 3.8) is 0 Å². The van der Waals surface area contributed by atoms with E-state index in [1.165, 1.54) is 7.11 Å². The van der Waals surface area contributed by atoms with Gasteiger partial charge in [0.05, 0.1) is 19.8 Å². The van der Waals surface area contributed by atoms with Crippen LogP contribution in [0.3, 0.4) is 0 Å². The number of fused-ring (bicyclic) bond motifs is 2. The molecule has 1 fully saturated rings. The summed E-state index contributed by atoms with van der Waals surface area (Å²) in [6.45, 7) is 0.686. The van der Waals surface area contributed by atoms with Gasteiger partial charge in [0.15, 0.2) is 0 Å². The van der Waals surface area contributed by atoms with E-state index in [1.54, 1.807) is 0 Å². The third-order valence-corrected chi connectivity index (χ3v) is 2.25. The van der Waals surface area contributed by atoms with Crippen molar-refractivity contribution in [2.45, 2.75) is 12.5 Å². The Balaban J connectivity index is 2.16. The molecule has 0 spiro atoms. The quantitative estimate of drug-likeness (QED) is 0.516. The molecule has 2 unspecified atom stereocenters. The van der Waals surface area contributed by atoms with E-state index in [4.69, 9.17) is 4.74 Å². The van der Waals surface area contributed by atoms with E-state index in [-0.39, 0.29) is 12.1 Å². The molecular weight excluding hydrogens is 144 g/mol. The molecule has 11 heavy (non-hydrogen) atoms. The number of hydrogen-bond acceptors (Lipinski definition) is 3. The topological polar surface area (TPSA) is 35.5 Å². The number of methoxy groups -OCH3 is 1. The Morgan fingerprint density at radius 2 is 2.64 bits per heavy atom. The Labute approximate surface area is 65.0 Å². The second-order valence-corrected chi connectivity index (χ2v) is 2.92. The summed E-state index contributed by atoms with van der Waals surface area (Å²) < 4.78 is 9.92. The Kier molecular flexibility index (Phi) is 1.46. The van der Waals surface area contributed by atoms with Crippen molar-refractivity contribution < 1.29 is 14.3 Å². The molecule has 0 N–H and O–H groups in total. The molecule has 0 aromatic carbocycles. The summed E-state index contributed by atoms with van der Waals surface area (Å²) >= 11 is 0. The molecule has 1 aliphatic heterocycles. The largest absolute Gasteiger partial charge is 0.466 e. The first-order valence-corrected chi connectivity index (χ1v) is 3.73. The molecule has 2 atom stereocenters. The third-order valence-electron chi connectivity index (χ3n) is 2.25. The zero-order chi connectivity index (χ0) is 7.84. The van der Waals surface area contributed by atoms with Crippen molar-refractivity contribution in [2.75, 3.05) is 13.7 Å². The van der Waals surface area contributed by atoms with Crippen LogP contribution in [0.4, 0.5) is 0 Å². The Bertz CT molecular complexity index is 219. The van der Waals surface area contributed by atoms with E-state index < -0.39 is 0 Å². The highest BCUT2D eigenvalue weighted by Gasteiger charge is 2.37. The monoisotopic (exact) mass is 154 g/mol. The van der Waals surface area contributed by atoms with Crippen LogP contribution >= 0.6 is 0 Å². The van der Waals surface area contributed by atoms with E-state index in [0.717, 1.165) is 12.0 Å². The van der Waals surface area contributed by atoms with Crippen molar-refractivity contribution in [3.8, 4) is 0 Å². The van der Waals surface area contributed by atoms with Crippen LogP contribution in [0, 0.1) is 5.92 Å². The fraction of sp³-hybridized carbons (Fsp3) is 0.625. The van der Waals surface area contributed by atoms with Gasteiger partial charge in [-0.2, -0.15) is 0 Å². The predicted molar refractivity (Wildman–Crippen MR) is 37.9 cm³/mol. The molecular formula is C8H10O3. The van der Waals surface area contributed by atoms with Crippen molar-refractivity contribution >= 4 is 5.97 Å². The molecule has 2 rings (SSSR count). The maximum atomic E-state index is 11.1. The Morgan fingerprint density at radius 3 is 3.09 bits per heavy atom. The smallest absolute Gasteiger partial charge is 0.333 e. The van der Waals surface area contributed by atoms with Gasteiger partial charge in [-0.05, 0) is 12.5 Å². The molecule has 0 aromatic heterocycles. The first-order chi connectivity index (χ1) is 5.31. The van der Waals surface area contributed by atoms with Gasteiger partial charge in [-0.1, -0.05) is 0 Å². The SMILES string of the molecule is COC(=O)C1=CC2CC1CO2. The lowest BCUT2D eigenvalue weighted by atomic mass is 10.0. The van der Waals surface area contributed by atoms with E-state index in [0.29, 0.717) is 12.5 Å². The Morgan fingerprint density at radius 1 is 1.82 bits per heavy atom. The summed E-state index contributed by atoms with van der Waals surface area (Å²) in [6, 6.07) is 0. The maximum absolute atomic E-state index is 11.1. The number of hydrogen-bond donors (Lipinski definition) is 0. The lowest BCUT2D eigenvalue weighted by Crippen LogP contribution is -2.15. The molecule has 2 aliphatic rings. The normalized spacial score (nSPS) is 33.7. The van der Waals surface area contributed by atoms with E-state index in [1.807, 2.05) is 6.08 Å². The van der Waals surface area contributed by atoms with Gasteiger partial charge in [-0.15, -0.1) is 0 Å². The third kappa shape index (κ3) is 0.959. The summed E-state index contributed by atoms with van der Waals surface area (Å²) in [6.07, 6.45) is 3.01. The second-order valence-electron chi connectivity index (χ2n) is 2.92. The minimum Gasteiger partial charge on any atom is -0.466 e. The molecule has 0 amide bonds. The van der Waals surface area contributed by atoms with E-state index in [2.05, 4.69) is 4.74 Å². The van der Waals surface area contributed by atoms with E-state index >= 15 is 0 Å². The molecule has 3 heteroatoms. The van der Waals surface area contributed by atoms with Gasteiger partial charge < -0.3 is 9.47 Å². The summed E-state index contributed by atoms with van der Waals surface area (Å²) in [7, 11) is 1.41. The standard InChI is InChI=1S/C8H10O3/c1-10-8(9)7-3-6-2-5(7)4-11-6/h3,5-6H,2,4H2,1H3. The molecule has 1 heterocycles. The number of ether oxygens (including phenoxy) is 2. The van der Waals surface area contributed by atoms with Crippen molar-refractivity contribution in [1.82, 2.24) is 0 Å². The van der Waals surface area contributed by atoms with Crippen molar-refractivity contribution in [3.05, 3.63) is 11.6 Å². The lowest BCUT2D eigenvalue weighted by Gasteiger charge is -2.10. The van der Waals surface area contributed by atoms with Crippen LogP contribution in [0.5, 0.6) is 0 Å². The van der Waals surface area contributed by atoms with Crippen LogP contribution in [-0.2, 0) is 14.3 Å². The van der Waals surface area contributed by atoms with Gasteiger partial charge >= 0.3 is 5.97 Å². The predicted octanol–water partition coefficient (Wildman–Crippen LogP) is 0.504. The van der Waals surface area contributed by atoms with Crippen molar-refractivity contribution in [1.29, 1.82) is 0 Å². The summed E-state index contributed by atoms with van der Waals surface area (Å²) in [5.74, 6) is 0.105. The van der Waals surface area contributed by atoms with Crippen LogP contribution in [0.2, 0.25) is 0 Å². The number of carbonyl (C=O) groups is 1. The second kappa shape index (κ2) is 2.34. The average Bonchev–Trinajstić information content (AvgIpc) is 2.62. The molecule has 1 aliphatic carbocycles. The molecule has 0 saturated carbocycles. The highest BCUT2D eigenvalue weighted by molar-refractivity contribution is 5.89. The summed E-state index contributed by atoms with van der Waals surface area (Å²) in [5.41, 5.74) is 0.809. The van der Waals surface area contributed by atoms with Gasteiger partial charge in [-0.25, -0.2) is 4.79 Å². The minimum absolute atomic E-state index is 0.175. The number of rotatable bonds is 1. The fourth-order valence-corrected chi connectivity index (χ4v) is 1.68. The molecule has 0 radical (unpaired) electrons. The van der Waals surface area contributed by atoms with E-state index in [9.17, 15) is 4.79 Å². The Hall–Kier alpha value is -0.830. The van der Waals surface area contributed by atoms with Gasteiger partial charge in [0.25, 0.3) is 0 Å². The molecule has 1 saturated heterocycles. The summed E-state index contributed by atoms with van der Waals surface area (Å²) in [5, 5.41) is 0. The van der Waals surface area contributed by atoms with Gasteiger partial charge in [-0.3, -0.25) is 0 Å². The van der Waals surface area contributed by atoms with Crippen LogP contribution < -0.4 is 0 Å². The molecule has 3 nitrogen and oxygen atoms in total. The highest BCUT2D eigenvalue weighted by atomic mass is 16.5. The fourth-order valence-electron chi connectivity index (χ4n) is 1.68. The molecule has 60 valence electrons. The maximum Gasteiger partial charge on any atom is 0.333 e. The van der Waals surface area contributed by atoms with Crippen LogP contribution in [0.15, 0.2) is 11.6 Å². The zero-order valence-corrected chi connectivity index (χ0v) is 6.37. The first-order valence-electron chi connectivity index (χ1n) is 3.73. The summed E-state index contributed by atoms with van der Waals surface area (Å²) in [4.78, 5) is 11.1. The minimum atomic E-state index is -0.194. The van der Waals surface area contributed by atoms with Gasteiger partial charge in [0.1, 0.15) is 0 Å². The zero-order valence-electron chi connectivity index (χ0n) is 6.37. The first kappa shape index (κ1) is 6.85. The number of esters is 1. The van der Waals surface area contributed by atoms with Crippen molar-refractivity contribution in [2.24, 2.45) is 5.92 Å². The molecule has 0 aromatic rings. The lowest BCUT2D eigenvalue weighted by molar-refractivity contribution is -0.136. The number of carbonyl (C=O) groups excluding carboxylic acids is 1. The van der Waals surface area contributed by atoms with Crippen LogP contribution in [0.25, 0.3) is 0 Å².